The Hall–Kier alpha value is -2.07. The van der Waals surface area contributed by atoms with Gasteiger partial charge in [0, 0.05) is 24.1 Å². The van der Waals surface area contributed by atoms with Crippen molar-refractivity contribution in [1.82, 2.24) is 4.98 Å². The minimum Gasteiger partial charge on any atom is -0.396 e. The maximum absolute atomic E-state index is 11.4. The molecule has 1 atom stereocenters. The van der Waals surface area contributed by atoms with Gasteiger partial charge < -0.3 is 15.4 Å². The number of aromatic nitrogens is 1. The fourth-order valence-corrected chi connectivity index (χ4v) is 2.95. The zero-order valence-electron chi connectivity index (χ0n) is 11.9. The third-order valence-electron chi connectivity index (χ3n) is 4.03. The number of fused-ring (bicyclic) bond motifs is 1. The topological polar surface area (TPSA) is 65.1 Å². The van der Waals surface area contributed by atoms with Crippen molar-refractivity contribution in [3.8, 4) is 0 Å². The Balaban J connectivity index is 1.78. The number of benzene rings is 1. The smallest absolute Gasteiger partial charge is 0.248 e. The molecular formula is C17H20N2O2. The van der Waals surface area contributed by atoms with Crippen LogP contribution in [-0.2, 0) is 12.8 Å². The van der Waals surface area contributed by atoms with Crippen molar-refractivity contribution >= 4 is 5.69 Å². The standard InChI is InChI=1S/C17H20N2O2/c20-11-10-12-4-6-13(7-5-12)18-15-2-1-3-16-14(15)8-9-17(21)19-16/h4-9,15,18,20H,1-3,10-11H2,(H,19,21). The minimum absolute atomic E-state index is 0.0252. The van der Waals surface area contributed by atoms with Gasteiger partial charge in [0.2, 0.25) is 5.56 Å². The number of H-pyrrole nitrogens is 1. The molecule has 1 aliphatic rings. The highest BCUT2D eigenvalue weighted by atomic mass is 16.2. The molecule has 110 valence electrons. The Labute approximate surface area is 123 Å². The molecule has 1 aromatic heterocycles. The fraction of sp³-hybridized carbons (Fsp3) is 0.353. The summed E-state index contributed by atoms with van der Waals surface area (Å²) in [6.45, 7) is 0.177. The van der Waals surface area contributed by atoms with Crippen LogP contribution in [-0.4, -0.2) is 16.7 Å². The molecule has 4 nitrogen and oxygen atoms in total. The van der Waals surface area contributed by atoms with Crippen molar-refractivity contribution in [2.45, 2.75) is 31.7 Å². The molecule has 0 amide bonds. The molecule has 3 N–H and O–H groups in total. The number of pyridine rings is 1. The highest BCUT2D eigenvalue weighted by Crippen LogP contribution is 2.30. The molecular weight excluding hydrogens is 264 g/mol. The van der Waals surface area contributed by atoms with E-state index in [1.807, 2.05) is 30.3 Å². The molecule has 0 saturated carbocycles. The molecule has 2 aromatic rings. The Bertz CT molecular complexity index is 661. The van der Waals surface area contributed by atoms with E-state index in [-0.39, 0.29) is 18.2 Å². The number of aryl methyl sites for hydroxylation is 1. The van der Waals surface area contributed by atoms with Crippen LogP contribution in [0.2, 0.25) is 0 Å². The zero-order valence-corrected chi connectivity index (χ0v) is 11.9. The van der Waals surface area contributed by atoms with Gasteiger partial charge in [-0.2, -0.15) is 0 Å². The first-order valence-corrected chi connectivity index (χ1v) is 7.45. The lowest BCUT2D eigenvalue weighted by Crippen LogP contribution is -2.21. The van der Waals surface area contributed by atoms with Crippen LogP contribution in [0.3, 0.4) is 0 Å². The Morgan fingerprint density at radius 1 is 1.19 bits per heavy atom. The number of aliphatic hydroxyl groups excluding tert-OH is 1. The minimum atomic E-state index is -0.0252. The van der Waals surface area contributed by atoms with Crippen LogP contribution in [0.4, 0.5) is 5.69 Å². The van der Waals surface area contributed by atoms with Crippen LogP contribution in [0.25, 0.3) is 0 Å². The normalized spacial score (nSPS) is 17.3. The molecule has 0 saturated heterocycles. The molecule has 0 radical (unpaired) electrons. The lowest BCUT2D eigenvalue weighted by Gasteiger charge is -2.26. The van der Waals surface area contributed by atoms with E-state index >= 15 is 0 Å². The summed E-state index contributed by atoms with van der Waals surface area (Å²) in [5, 5.41) is 12.5. The van der Waals surface area contributed by atoms with Gasteiger partial charge in [-0.15, -0.1) is 0 Å². The summed E-state index contributed by atoms with van der Waals surface area (Å²) in [7, 11) is 0. The average molecular weight is 284 g/mol. The monoisotopic (exact) mass is 284 g/mol. The van der Waals surface area contributed by atoms with E-state index in [1.54, 1.807) is 6.07 Å². The molecule has 0 bridgehead atoms. The van der Waals surface area contributed by atoms with Crippen molar-refractivity contribution in [1.29, 1.82) is 0 Å². The molecule has 0 spiro atoms. The van der Waals surface area contributed by atoms with E-state index in [4.69, 9.17) is 5.11 Å². The quantitative estimate of drug-likeness (QED) is 0.807. The van der Waals surface area contributed by atoms with Gasteiger partial charge in [0.25, 0.3) is 0 Å². The first-order valence-electron chi connectivity index (χ1n) is 7.45. The highest BCUT2D eigenvalue weighted by molar-refractivity contribution is 5.47. The van der Waals surface area contributed by atoms with Gasteiger partial charge in [0.15, 0.2) is 0 Å². The third kappa shape index (κ3) is 3.16. The van der Waals surface area contributed by atoms with Gasteiger partial charge in [0.1, 0.15) is 0 Å². The molecule has 3 rings (SSSR count). The van der Waals surface area contributed by atoms with Gasteiger partial charge in [-0.3, -0.25) is 4.79 Å². The maximum atomic E-state index is 11.4. The van der Waals surface area contributed by atoms with E-state index in [0.717, 1.165) is 36.2 Å². The molecule has 1 heterocycles. The van der Waals surface area contributed by atoms with Gasteiger partial charge in [-0.05, 0) is 55.0 Å². The number of hydrogen-bond acceptors (Lipinski definition) is 3. The predicted molar refractivity (Wildman–Crippen MR) is 83.6 cm³/mol. The first kappa shape index (κ1) is 13.9. The summed E-state index contributed by atoms with van der Waals surface area (Å²) in [5.74, 6) is 0. The lowest BCUT2D eigenvalue weighted by atomic mass is 9.91. The van der Waals surface area contributed by atoms with Crippen LogP contribution in [0.15, 0.2) is 41.2 Å². The molecule has 1 aliphatic carbocycles. The van der Waals surface area contributed by atoms with Crippen molar-refractivity contribution < 1.29 is 5.11 Å². The summed E-state index contributed by atoms with van der Waals surface area (Å²) in [6, 6.07) is 11.9. The molecule has 1 aromatic carbocycles. The average Bonchev–Trinajstić information content (AvgIpc) is 2.49. The van der Waals surface area contributed by atoms with Crippen molar-refractivity contribution in [2.75, 3.05) is 11.9 Å². The van der Waals surface area contributed by atoms with Gasteiger partial charge in [-0.25, -0.2) is 0 Å². The van der Waals surface area contributed by atoms with E-state index < -0.39 is 0 Å². The second kappa shape index (κ2) is 6.14. The predicted octanol–water partition coefficient (Wildman–Crippen LogP) is 2.40. The second-order valence-electron chi connectivity index (χ2n) is 5.52. The third-order valence-corrected chi connectivity index (χ3v) is 4.03. The van der Waals surface area contributed by atoms with E-state index in [1.165, 1.54) is 5.56 Å². The van der Waals surface area contributed by atoms with Crippen molar-refractivity contribution in [2.24, 2.45) is 0 Å². The summed E-state index contributed by atoms with van der Waals surface area (Å²) in [5.41, 5.74) is 4.43. The van der Waals surface area contributed by atoms with Gasteiger partial charge in [-0.1, -0.05) is 12.1 Å². The zero-order chi connectivity index (χ0) is 14.7. The summed E-state index contributed by atoms with van der Waals surface area (Å²) >= 11 is 0. The largest absolute Gasteiger partial charge is 0.396 e. The number of aromatic amines is 1. The first-order chi connectivity index (χ1) is 10.3. The number of nitrogens with one attached hydrogen (secondary N) is 2. The van der Waals surface area contributed by atoms with Crippen molar-refractivity contribution in [3.63, 3.8) is 0 Å². The van der Waals surface area contributed by atoms with Crippen LogP contribution in [0, 0.1) is 0 Å². The van der Waals surface area contributed by atoms with Crippen molar-refractivity contribution in [3.05, 3.63) is 63.6 Å². The molecule has 0 fully saturated rings. The van der Waals surface area contributed by atoms with E-state index in [0.29, 0.717) is 6.42 Å². The molecule has 4 heteroatoms. The molecule has 21 heavy (non-hydrogen) atoms. The number of rotatable bonds is 4. The lowest BCUT2D eigenvalue weighted by molar-refractivity contribution is 0.299. The van der Waals surface area contributed by atoms with Gasteiger partial charge in [0.05, 0.1) is 6.04 Å². The summed E-state index contributed by atoms with van der Waals surface area (Å²) < 4.78 is 0. The van der Waals surface area contributed by atoms with E-state index in [9.17, 15) is 4.79 Å². The Morgan fingerprint density at radius 2 is 2.00 bits per heavy atom. The van der Waals surface area contributed by atoms with Crippen LogP contribution in [0.5, 0.6) is 0 Å². The van der Waals surface area contributed by atoms with Crippen LogP contribution in [0.1, 0.15) is 35.7 Å². The summed E-state index contributed by atoms with van der Waals surface area (Å²) in [6.07, 6.45) is 3.78. The second-order valence-corrected chi connectivity index (χ2v) is 5.52. The highest BCUT2D eigenvalue weighted by Gasteiger charge is 2.20. The Morgan fingerprint density at radius 3 is 2.76 bits per heavy atom. The van der Waals surface area contributed by atoms with Gasteiger partial charge >= 0.3 is 0 Å². The fourth-order valence-electron chi connectivity index (χ4n) is 2.95. The van der Waals surface area contributed by atoms with E-state index in [2.05, 4.69) is 10.3 Å². The number of aliphatic hydroxyl groups is 1. The van der Waals surface area contributed by atoms with Crippen LogP contribution >= 0.6 is 0 Å². The summed E-state index contributed by atoms with van der Waals surface area (Å²) in [4.78, 5) is 14.4. The Kier molecular flexibility index (Phi) is 4.06. The molecule has 0 aliphatic heterocycles. The SMILES string of the molecule is O=c1ccc2c([nH]1)CCCC2Nc1ccc(CCO)cc1. The number of hydrogen-bond donors (Lipinski definition) is 3. The maximum Gasteiger partial charge on any atom is 0.248 e. The van der Waals surface area contributed by atoms with Crippen LogP contribution < -0.4 is 10.9 Å². The number of anilines is 1. The molecule has 1 unspecified atom stereocenters.